The van der Waals surface area contributed by atoms with Crippen molar-refractivity contribution in [1.82, 2.24) is 0 Å². The van der Waals surface area contributed by atoms with E-state index < -0.39 is 10.8 Å². The topological polar surface area (TPSA) is 54.4 Å². The number of allylic oxidation sites excluding steroid dienone is 1. The van der Waals surface area contributed by atoms with Crippen molar-refractivity contribution in [3.05, 3.63) is 11.3 Å². The van der Waals surface area contributed by atoms with Crippen LogP contribution in [0.15, 0.2) is 11.3 Å². The van der Waals surface area contributed by atoms with Gasteiger partial charge in [-0.2, -0.15) is 0 Å². The van der Waals surface area contributed by atoms with E-state index in [2.05, 4.69) is 0 Å². The first-order valence-electron chi connectivity index (χ1n) is 9.46. The molecule has 1 saturated heterocycles. The zero-order valence-corrected chi connectivity index (χ0v) is 15.2. The lowest BCUT2D eigenvalue weighted by Crippen LogP contribution is -2.06. The first-order chi connectivity index (χ1) is 11.2. The molecule has 1 atom stereocenters. The molecule has 0 aromatic heterocycles. The Labute approximate surface area is 143 Å². The zero-order chi connectivity index (χ0) is 16.5. The van der Waals surface area contributed by atoms with Crippen LogP contribution >= 0.6 is 0 Å². The molecule has 132 valence electrons. The minimum absolute atomic E-state index is 0.100. The van der Waals surface area contributed by atoms with Gasteiger partial charge in [0.2, 0.25) is 0 Å². The van der Waals surface area contributed by atoms with Crippen LogP contribution < -0.4 is 0 Å². The van der Waals surface area contributed by atoms with Gasteiger partial charge in [0.15, 0.2) is 5.78 Å². The fourth-order valence-electron chi connectivity index (χ4n) is 3.80. The molecule has 0 amide bonds. The maximum Gasteiger partial charge on any atom is 0.175 e. The molecule has 1 saturated carbocycles. The van der Waals surface area contributed by atoms with Crippen LogP contribution in [0.1, 0.15) is 83.5 Å². The van der Waals surface area contributed by atoms with E-state index in [1.807, 2.05) is 0 Å². The normalized spacial score (nSPS) is 28.2. The van der Waals surface area contributed by atoms with Crippen LogP contribution in [0.25, 0.3) is 0 Å². The quantitative estimate of drug-likeness (QED) is 0.591. The highest BCUT2D eigenvalue weighted by Gasteiger charge is 2.27. The lowest BCUT2D eigenvalue weighted by Gasteiger charge is -2.18. The van der Waals surface area contributed by atoms with Crippen molar-refractivity contribution in [2.75, 3.05) is 11.5 Å². The molecule has 4 heteroatoms. The third-order valence-electron chi connectivity index (χ3n) is 5.30. The Morgan fingerprint density at radius 3 is 1.91 bits per heavy atom. The molecule has 0 spiro atoms. The van der Waals surface area contributed by atoms with Gasteiger partial charge >= 0.3 is 0 Å². The molecule has 0 radical (unpaired) electrons. The molecule has 1 heterocycles. The van der Waals surface area contributed by atoms with Gasteiger partial charge in [-0.25, -0.2) is 0 Å². The molecule has 1 aliphatic carbocycles. The second kappa shape index (κ2) is 10.3. The summed E-state index contributed by atoms with van der Waals surface area (Å²) in [6, 6.07) is 0. The summed E-state index contributed by atoms with van der Waals surface area (Å²) < 4.78 is 11.4. The minimum Gasteiger partial charge on any atom is -0.512 e. The average Bonchev–Trinajstić information content (AvgIpc) is 2.85. The molecular weight excluding hydrogens is 308 g/mol. The van der Waals surface area contributed by atoms with E-state index >= 15 is 0 Å². The van der Waals surface area contributed by atoms with E-state index in [0.717, 1.165) is 6.42 Å². The van der Waals surface area contributed by atoms with E-state index in [-0.39, 0.29) is 23.0 Å². The fraction of sp³-hybridized carbons (Fsp3) is 0.842. The molecule has 1 unspecified atom stereocenters. The molecule has 0 aromatic carbocycles. The summed E-state index contributed by atoms with van der Waals surface area (Å²) in [4.78, 5) is 11.7. The Hall–Kier alpha value is -0.640. The molecule has 1 aliphatic heterocycles. The highest BCUT2D eigenvalue weighted by Crippen LogP contribution is 2.27. The van der Waals surface area contributed by atoms with E-state index in [0.29, 0.717) is 17.9 Å². The highest BCUT2D eigenvalue weighted by molar-refractivity contribution is 7.86. The second-order valence-electron chi connectivity index (χ2n) is 7.24. The van der Waals surface area contributed by atoms with Gasteiger partial charge < -0.3 is 5.11 Å². The number of aliphatic hydroxyl groups is 1. The van der Waals surface area contributed by atoms with Crippen molar-refractivity contribution in [3.8, 4) is 0 Å². The van der Waals surface area contributed by atoms with E-state index in [9.17, 15) is 14.1 Å². The lowest BCUT2D eigenvalue weighted by atomic mass is 9.89. The largest absolute Gasteiger partial charge is 0.512 e. The standard InChI is InChI=1S/C19H32O3S/c20-18(17-14-23(22)15-19(17)21)13-12-16-10-8-6-4-2-1-3-5-7-9-11-16/h16,20H,1-15H2. The fourth-order valence-corrected chi connectivity index (χ4v) is 5.02. The number of carbonyl (C=O) groups is 1. The molecular formula is C19H32O3S. The summed E-state index contributed by atoms with van der Waals surface area (Å²) in [5.74, 6) is 1.13. The molecule has 2 fully saturated rings. The summed E-state index contributed by atoms with van der Waals surface area (Å²) in [5, 5.41) is 10.2. The highest BCUT2D eigenvalue weighted by atomic mass is 32.2. The Bertz CT molecular complexity index is 430. The molecule has 3 nitrogen and oxygen atoms in total. The second-order valence-corrected chi connectivity index (χ2v) is 8.70. The van der Waals surface area contributed by atoms with Crippen molar-refractivity contribution in [2.45, 2.75) is 83.5 Å². The van der Waals surface area contributed by atoms with E-state index in [1.54, 1.807) is 0 Å². The van der Waals surface area contributed by atoms with Crippen molar-refractivity contribution in [1.29, 1.82) is 0 Å². The van der Waals surface area contributed by atoms with Crippen LogP contribution in [0.3, 0.4) is 0 Å². The van der Waals surface area contributed by atoms with Gasteiger partial charge in [-0.1, -0.05) is 70.6 Å². The summed E-state index contributed by atoms with van der Waals surface area (Å²) >= 11 is 0. The van der Waals surface area contributed by atoms with Crippen LogP contribution in [0.2, 0.25) is 0 Å². The maximum absolute atomic E-state index is 11.7. The number of Topliss-reactive ketones (excluding diaryl/α,β-unsaturated/α-hetero) is 1. The number of rotatable bonds is 3. The molecule has 0 bridgehead atoms. The average molecular weight is 341 g/mol. The Morgan fingerprint density at radius 1 is 0.913 bits per heavy atom. The van der Waals surface area contributed by atoms with Crippen LogP contribution in [0, 0.1) is 5.92 Å². The van der Waals surface area contributed by atoms with Crippen molar-refractivity contribution in [3.63, 3.8) is 0 Å². The molecule has 23 heavy (non-hydrogen) atoms. The van der Waals surface area contributed by atoms with Crippen LogP contribution in [0.4, 0.5) is 0 Å². The van der Waals surface area contributed by atoms with Gasteiger partial charge in [-0.15, -0.1) is 0 Å². The van der Waals surface area contributed by atoms with Gasteiger partial charge in [0.05, 0.1) is 17.3 Å². The Balaban J connectivity index is 1.82. The third-order valence-corrected chi connectivity index (χ3v) is 6.49. The summed E-state index contributed by atoms with van der Waals surface area (Å²) in [6.45, 7) is 0. The zero-order valence-electron chi connectivity index (χ0n) is 14.4. The van der Waals surface area contributed by atoms with Gasteiger partial charge in [0, 0.05) is 22.8 Å². The lowest BCUT2D eigenvalue weighted by molar-refractivity contribution is -0.113. The minimum atomic E-state index is -1.09. The smallest absolute Gasteiger partial charge is 0.175 e. The number of hydrogen-bond donors (Lipinski definition) is 1. The maximum atomic E-state index is 11.7. The summed E-state index contributed by atoms with van der Waals surface area (Å²) in [6.07, 6.45) is 16.2. The van der Waals surface area contributed by atoms with Crippen LogP contribution in [-0.2, 0) is 15.6 Å². The van der Waals surface area contributed by atoms with Crippen LogP contribution in [-0.4, -0.2) is 26.6 Å². The Morgan fingerprint density at radius 2 is 1.43 bits per heavy atom. The summed E-state index contributed by atoms with van der Waals surface area (Å²) in [7, 11) is -1.09. The molecule has 2 aliphatic rings. The molecule has 2 rings (SSSR count). The number of aliphatic hydroxyl groups excluding tert-OH is 1. The van der Waals surface area contributed by atoms with Gasteiger partial charge in [-0.3, -0.25) is 9.00 Å². The number of hydrogen-bond acceptors (Lipinski definition) is 3. The number of ketones is 1. The van der Waals surface area contributed by atoms with Crippen molar-refractivity contribution < 1.29 is 14.1 Å². The predicted molar refractivity (Wildman–Crippen MR) is 96.0 cm³/mol. The number of carbonyl (C=O) groups excluding carboxylic acids is 1. The van der Waals surface area contributed by atoms with Gasteiger partial charge in [0.25, 0.3) is 0 Å². The SMILES string of the molecule is O=C1CS(=O)CC1=C(O)CCC1CCCCCCCCCCC1. The van der Waals surface area contributed by atoms with Gasteiger partial charge in [-0.05, 0) is 12.3 Å². The third kappa shape index (κ3) is 6.78. The van der Waals surface area contributed by atoms with Gasteiger partial charge in [0.1, 0.15) is 0 Å². The molecule has 0 aromatic rings. The van der Waals surface area contributed by atoms with Crippen molar-refractivity contribution >= 4 is 16.6 Å². The van der Waals surface area contributed by atoms with Crippen LogP contribution in [0.5, 0.6) is 0 Å². The van der Waals surface area contributed by atoms with E-state index in [4.69, 9.17) is 0 Å². The van der Waals surface area contributed by atoms with E-state index in [1.165, 1.54) is 70.6 Å². The summed E-state index contributed by atoms with van der Waals surface area (Å²) in [5.41, 5.74) is 0.441. The Kier molecular flexibility index (Phi) is 8.35. The first-order valence-corrected chi connectivity index (χ1v) is 10.9. The molecule has 1 N–H and O–H groups in total. The first kappa shape index (κ1) is 18.7. The predicted octanol–water partition coefficient (Wildman–Crippen LogP) is 4.83. The monoisotopic (exact) mass is 340 g/mol. The van der Waals surface area contributed by atoms with Crippen molar-refractivity contribution in [2.24, 2.45) is 5.92 Å².